The van der Waals surface area contributed by atoms with Crippen LogP contribution in [0.25, 0.3) is 0 Å². The van der Waals surface area contributed by atoms with Crippen molar-refractivity contribution in [3.05, 3.63) is 35.4 Å². The number of nitrogens with one attached hydrogen (secondary N) is 1. The number of hydrogen-bond acceptors (Lipinski definition) is 2. The molecule has 0 aliphatic heterocycles. The molecule has 2 rings (SSSR count). The summed E-state index contributed by atoms with van der Waals surface area (Å²) in [7, 11) is 0. The van der Waals surface area contributed by atoms with Gasteiger partial charge in [0.1, 0.15) is 0 Å². The zero-order valence-corrected chi connectivity index (χ0v) is 11.6. The zero-order chi connectivity index (χ0) is 13.7. The van der Waals surface area contributed by atoms with Crippen LogP contribution in [-0.2, 0) is 6.54 Å². The molecule has 0 spiro atoms. The van der Waals surface area contributed by atoms with E-state index in [-0.39, 0.29) is 0 Å². The van der Waals surface area contributed by atoms with Crippen LogP contribution in [0.4, 0.5) is 0 Å². The summed E-state index contributed by atoms with van der Waals surface area (Å²) < 4.78 is 0. The summed E-state index contributed by atoms with van der Waals surface area (Å²) in [5, 5.41) is 12.5. The van der Waals surface area contributed by atoms with Gasteiger partial charge in [-0.3, -0.25) is 0 Å². The standard InChI is InChI=1S/C16H23NO2/c1-12(14-7-3-2-4-8-14)17-11-13-6-5-9-15(10-13)16(18)19/h5-6,9-10,12,14,17H,2-4,7-8,11H2,1H3,(H,18,19). The van der Waals surface area contributed by atoms with E-state index in [0.29, 0.717) is 11.6 Å². The highest BCUT2D eigenvalue weighted by Gasteiger charge is 2.19. The van der Waals surface area contributed by atoms with Crippen molar-refractivity contribution >= 4 is 5.97 Å². The number of rotatable bonds is 5. The van der Waals surface area contributed by atoms with E-state index in [1.165, 1.54) is 32.1 Å². The molecule has 1 aliphatic rings. The quantitative estimate of drug-likeness (QED) is 0.853. The van der Waals surface area contributed by atoms with Gasteiger partial charge in [0.05, 0.1) is 5.56 Å². The van der Waals surface area contributed by atoms with Crippen LogP contribution in [0.15, 0.2) is 24.3 Å². The Bertz CT molecular complexity index is 425. The van der Waals surface area contributed by atoms with E-state index >= 15 is 0 Å². The molecule has 0 amide bonds. The van der Waals surface area contributed by atoms with Crippen LogP contribution in [0.2, 0.25) is 0 Å². The summed E-state index contributed by atoms with van der Waals surface area (Å²) in [6.45, 7) is 3.00. The summed E-state index contributed by atoms with van der Waals surface area (Å²) in [5.41, 5.74) is 1.41. The molecule has 1 atom stereocenters. The maximum atomic E-state index is 10.9. The fraction of sp³-hybridized carbons (Fsp3) is 0.562. The second-order valence-corrected chi connectivity index (χ2v) is 5.57. The fourth-order valence-electron chi connectivity index (χ4n) is 2.89. The smallest absolute Gasteiger partial charge is 0.335 e. The van der Waals surface area contributed by atoms with Crippen LogP contribution in [0.1, 0.15) is 54.9 Å². The van der Waals surface area contributed by atoms with E-state index in [0.717, 1.165) is 18.0 Å². The molecule has 0 bridgehead atoms. The Labute approximate surface area is 115 Å². The highest BCUT2D eigenvalue weighted by molar-refractivity contribution is 5.87. The molecule has 0 aromatic heterocycles. The average Bonchev–Trinajstić information content (AvgIpc) is 2.46. The Morgan fingerprint density at radius 1 is 1.37 bits per heavy atom. The Morgan fingerprint density at radius 3 is 2.79 bits per heavy atom. The van der Waals surface area contributed by atoms with Crippen molar-refractivity contribution in [3.63, 3.8) is 0 Å². The third kappa shape index (κ3) is 4.06. The predicted octanol–water partition coefficient (Wildman–Crippen LogP) is 3.44. The van der Waals surface area contributed by atoms with E-state index in [9.17, 15) is 4.79 Å². The van der Waals surface area contributed by atoms with E-state index < -0.39 is 5.97 Å². The molecule has 0 radical (unpaired) electrons. The first-order chi connectivity index (χ1) is 9.16. The van der Waals surface area contributed by atoms with Crippen molar-refractivity contribution < 1.29 is 9.90 Å². The highest BCUT2D eigenvalue weighted by atomic mass is 16.4. The van der Waals surface area contributed by atoms with Gasteiger partial charge in [-0.1, -0.05) is 31.4 Å². The van der Waals surface area contributed by atoms with Gasteiger partial charge in [-0.15, -0.1) is 0 Å². The van der Waals surface area contributed by atoms with E-state index in [2.05, 4.69) is 12.2 Å². The van der Waals surface area contributed by atoms with Crippen molar-refractivity contribution in [1.82, 2.24) is 5.32 Å². The van der Waals surface area contributed by atoms with Gasteiger partial charge in [-0.05, 0) is 43.4 Å². The van der Waals surface area contributed by atoms with Gasteiger partial charge < -0.3 is 10.4 Å². The summed E-state index contributed by atoms with van der Waals surface area (Å²) >= 11 is 0. The summed E-state index contributed by atoms with van der Waals surface area (Å²) in [6, 6.07) is 7.69. The van der Waals surface area contributed by atoms with Crippen LogP contribution < -0.4 is 5.32 Å². The topological polar surface area (TPSA) is 49.3 Å². The molecule has 3 nitrogen and oxygen atoms in total. The molecular formula is C16H23NO2. The van der Waals surface area contributed by atoms with Crippen molar-refractivity contribution in [2.24, 2.45) is 5.92 Å². The first-order valence-corrected chi connectivity index (χ1v) is 7.22. The molecule has 1 aromatic rings. The third-order valence-corrected chi connectivity index (χ3v) is 4.16. The molecular weight excluding hydrogens is 238 g/mol. The third-order valence-electron chi connectivity index (χ3n) is 4.16. The fourth-order valence-corrected chi connectivity index (χ4v) is 2.89. The van der Waals surface area contributed by atoms with Gasteiger partial charge in [0, 0.05) is 12.6 Å². The van der Waals surface area contributed by atoms with Crippen molar-refractivity contribution in [3.8, 4) is 0 Å². The zero-order valence-electron chi connectivity index (χ0n) is 11.6. The Balaban J connectivity index is 1.87. The Morgan fingerprint density at radius 2 is 2.11 bits per heavy atom. The minimum absolute atomic E-state index is 0.365. The van der Waals surface area contributed by atoms with E-state index in [1.54, 1.807) is 12.1 Å². The normalized spacial score (nSPS) is 18.2. The molecule has 1 saturated carbocycles. The van der Waals surface area contributed by atoms with Crippen LogP contribution in [0, 0.1) is 5.92 Å². The molecule has 1 fully saturated rings. The second-order valence-electron chi connectivity index (χ2n) is 5.57. The summed E-state index contributed by atoms with van der Waals surface area (Å²) in [6.07, 6.45) is 6.73. The lowest BCUT2D eigenvalue weighted by Crippen LogP contribution is -2.34. The number of hydrogen-bond donors (Lipinski definition) is 2. The van der Waals surface area contributed by atoms with Gasteiger partial charge in [0.25, 0.3) is 0 Å². The maximum absolute atomic E-state index is 10.9. The minimum atomic E-state index is -0.859. The molecule has 2 N–H and O–H groups in total. The Hall–Kier alpha value is -1.35. The van der Waals surface area contributed by atoms with Crippen molar-refractivity contribution in [2.45, 2.75) is 51.6 Å². The van der Waals surface area contributed by atoms with Crippen LogP contribution >= 0.6 is 0 Å². The lowest BCUT2D eigenvalue weighted by molar-refractivity contribution is 0.0696. The van der Waals surface area contributed by atoms with Crippen molar-refractivity contribution in [1.29, 1.82) is 0 Å². The maximum Gasteiger partial charge on any atom is 0.335 e. The van der Waals surface area contributed by atoms with E-state index in [4.69, 9.17) is 5.11 Å². The van der Waals surface area contributed by atoms with Gasteiger partial charge in [0.2, 0.25) is 0 Å². The molecule has 1 unspecified atom stereocenters. The van der Waals surface area contributed by atoms with Gasteiger partial charge in [-0.2, -0.15) is 0 Å². The van der Waals surface area contributed by atoms with Gasteiger partial charge in [0.15, 0.2) is 0 Å². The Kier molecular flexibility index (Phi) is 4.97. The number of carboxylic acids is 1. The first-order valence-electron chi connectivity index (χ1n) is 7.22. The monoisotopic (exact) mass is 261 g/mol. The minimum Gasteiger partial charge on any atom is -0.478 e. The average molecular weight is 261 g/mol. The second kappa shape index (κ2) is 6.71. The number of carboxylic acid groups (broad SMARTS) is 1. The molecule has 3 heteroatoms. The molecule has 1 aliphatic carbocycles. The van der Waals surface area contributed by atoms with Crippen molar-refractivity contribution in [2.75, 3.05) is 0 Å². The van der Waals surface area contributed by atoms with Crippen LogP contribution in [0.3, 0.4) is 0 Å². The molecule has 19 heavy (non-hydrogen) atoms. The number of benzene rings is 1. The van der Waals surface area contributed by atoms with Crippen LogP contribution in [0.5, 0.6) is 0 Å². The highest BCUT2D eigenvalue weighted by Crippen LogP contribution is 2.26. The number of carbonyl (C=O) groups is 1. The SMILES string of the molecule is CC(NCc1cccc(C(=O)O)c1)C1CCCCC1. The van der Waals surface area contributed by atoms with Gasteiger partial charge >= 0.3 is 5.97 Å². The lowest BCUT2D eigenvalue weighted by atomic mass is 9.84. The lowest BCUT2D eigenvalue weighted by Gasteiger charge is -2.28. The molecule has 104 valence electrons. The molecule has 0 heterocycles. The predicted molar refractivity (Wildman–Crippen MR) is 76.3 cm³/mol. The largest absolute Gasteiger partial charge is 0.478 e. The molecule has 1 aromatic carbocycles. The number of aromatic carboxylic acids is 1. The van der Waals surface area contributed by atoms with E-state index in [1.807, 2.05) is 12.1 Å². The van der Waals surface area contributed by atoms with Gasteiger partial charge in [-0.25, -0.2) is 4.79 Å². The summed E-state index contributed by atoms with van der Waals surface area (Å²) in [5.74, 6) is -0.0846. The molecule has 0 saturated heterocycles. The first kappa shape index (κ1) is 14.1. The van der Waals surface area contributed by atoms with Crippen LogP contribution in [-0.4, -0.2) is 17.1 Å². The summed E-state index contributed by atoms with van der Waals surface area (Å²) in [4.78, 5) is 10.9.